The summed E-state index contributed by atoms with van der Waals surface area (Å²) < 4.78 is 26.5. The van der Waals surface area contributed by atoms with Gasteiger partial charge in [0.1, 0.15) is 17.2 Å². The van der Waals surface area contributed by atoms with Crippen LogP contribution in [0.1, 0.15) is 57.6 Å². The molecule has 0 saturated carbocycles. The van der Waals surface area contributed by atoms with Gasteiger partial charge in [-0.05, 0) is 70.2 Å². The van der Waals surface area contributed by atoms with Gasteiger partial charge in [-0.15, -0.1) is 0 Å². The molecule has 2 aliphatic heterocycles. The Bertz CT molecular complexity index is 1090. The summed E-state index contributed by atoms with van der Waals surface area (Å²) in [6, 6.07) is 9.78. The number of para-hydroxylation sites is 1. The monoisotopic (exact) mass is 474 g/mol. The zero-order chi connectivity index (χ0) is 24.0. The smallest absolute Gasteiger partial charge is 0.410 e. The Hall–Kier alpha value is -2.80. The molecule has 2 aromatic rings. The Balaban J connectivity index is 1.58. The second-order valence-corrected chi connectivity index (χ2v) is 10.1. The lowest BCUT2D eigenvalue weighted by molar-refractivity contribution is -0.132. The third kappa shape index (κ3) is 4.64. The van der Waals surface area contributed by atoms with Crippen LogP contribution in [0.3, 0.4) is 0 Å². The maximum Gasteiger partial charge on any atom is 0.410 e. The lowest BCUT2D eigenvalue weighted by atomic mass is 9.86. The number of rotatable bonds is 2. The molecule has 33 heavy (non-hydrogen) atoms. The number of nitrogens with one attached hydrogen (secondary N) is 1. The summed E-state index contributed by atoms with van der Waals surface area (Å²) in [7, 11) is 0. The molecule has 1 saturated heterocycles. The fourth-order valence-electron chi connectivity index (χ4n) is 4.33. The van der Waals surface area contributed by atoms with E-state index in [0.717, 1.165) is 18.4 Å². The van der Waals surface area contributed by atoms with Gasteiger partial charge in [0.2, 0.25) is 5.60 Å². The van der Waals surface area contributed by atoms with E-state index < -0.39 is 22.9 Å². The Kier molecular flexibility index (Phi) is 6.03. The average molecular weight is 475 g/mol. The predicted octanol–water partition coefficient (Wildman–Crippen LogP) is 5.84. The van der Waals surface area contributed by atoms with Crippen LogP contribution >= 0.6 is 11.6 Å². The summed E-state index contributed by atoms with van der Waals surface area (Å²) in [6.45, 7) is 8.21. The first-order valence-corrected chi connectivity index (χ1v) is 11.4. The third-order valence-corrected chi connectivity index (χ3v) is 6.30. The second kappa shape index (κ2) is 8.52. The Morgan fingerprint density at radius 3 is 2.58 bits per heavy atom. The second-order valence-electron chi connectivity index (χ2n) is 9.68. The molecule has 2 aliphatic rings. The maximum absolute atomic E-state index is 14.7. The van der Waals surface area contributed by atoms with Crippen molar-refractivity contribution >= 4 is 29.3 Å². The summed E-state index contributed by atoms with van der Waals surface area (Å²) >= 11 is 5.90. The highest BCUT2D eigenvalue weighted by molar-refractivity contribution is 6.30. The molecule has 2 heterocycles. The van der Waals surface area contributed by atoms with Crippen molar-refractivity contribution in [2.45, 2.75) is 57.7 Å². The first-order valence-electron chi connectivity index (χ1n) is 11.0. The van der Waals surface area contributed by atoms with Crippen molar-refractivity contribution in [2.24, 2.45) is 0 Å². The van der Waals surface area contributed by atoms with E-state index in [1.54, 1.807) is 17.9 Å². The van der Waals surface area contributed by atoms with Crippen LogP contribution in [0.15, 0.2) is 36.4 Å². The molecule has 0 spiro atoms. The molecular weight excluding hydrogens is 447 g/mol. The first-order chi connectivity index (χ1) is 15.5. The van der Waals surface area contributed by atoms with Crippen LogP contribution in [0.5, 0.6) is 5.75 Å². The zero-order valence-electron chi connectivity index (χ0n) is 19.2. The molecule has 2 aromatic carbocycles. The number of piperidine rings is 1. The molecule has 1 unspecified atom stereocenters. The lowest BCUT2D eigenvalue weighted by Gasteiger charge is -2.38. The lowest BCUT2D eigenvalue weighted by Crippen LogP contribution is -2.47. The Morgan fingerprint density at radius 1 is 1.24 bits per heavy atom. The van der Waals surface area contributed by atoms with Crippen LogP contribution in [0.25, 0.3) is 0 Å². The van der Waals surface area contributed by atoms with Gasteiger partial charge in [0.25, 0.3) is 5.91 Å². The maximum atomic E-state index is 14.7. The highest BCUT2D eigenvalue weighted by atomic mass is 35.5. The number of benzene rings is 2. The predicted molar refractivity (Wildman–Crippen MR) is 124 cm³/mol. The van der Waals surface area contributed by atoms with Crippen LogP contribution in [0.2, 0.25) is 5.02 Å². The molecule has 8 heteroatoms. The summed E-state index contributed by atoms with van der Waals surface area (Å²) in [5.74, 6) is -0.405. The van der Waals surface area contributed by atoms with Crippen LogP contribution in [0, 0.1) is 5.82 Å². The quantitative estimate of drug-likeness (QED) is 0.593. The minimum Gasteiger partial charge on any atom is -0.470 e. The molecule has 0 bridgehead atoms. The van der Waals surface area contributed by atoms with Gasteiger partial charge in [-0.3, -0.25) is 4.79 Å². The fraction of sp³-hybridized carbons (Fsp3) is 0.440. The summed E-state index contributed by atoms with van der Waals surface area (Å²) in [5.41, 5.74) is -0.491. The van der Waals surface area contributed by atoms with Crippen molar-refractivity contribution in [1.82, 2.24) is 4.90 Å². The summed E-state index contributed by atoms with van der Waals surface area (Å²) in [4.78, 5) is 27.1. The van der Waals surface area contributed by atoms with E-state index >= 15 is 0 Å². The minimum atomic E-state index is -1.55. The van der Waals surface area contributed by atoms with E-state index in [4.69, 9.17) is 21.1 Å². The zero-order valence-corrected chi connectivity index (χ0v) is 20.0. The standard InChI is InChI=1S/C25H28ClFN2O4/c1-24(2,3)33-23(31)29-12-10-15(11-13-29)17-6-5-7-20-21(17)32-25(4,22(30)28-20)18-9-8-16(26)14-19(18)27/h5-9,14-15H,10-13H2,1-4H3,(H,28,30). The van der Waals surface area contributed by atoms with E-state index in [2.05, 4.69) is 5.32 Å². The van der Waals surface area contributed by atoms with Gasteiger partial charge < -0.3 is 19.7 Å². The number of carbonyl (C=O) groups is 2. The van der Waals surface area contributed by atoms with Gasteiger partial charge in [-0.2, -0.15) is 0 Å². The topological polar surface area (TPSA) is 67.9 Å². The summed E-state index contributed by atoms with van der Waals surface area (Å²) in [5, 5.41) is 3.12. The number of anilines is 1. The number of amides is 2. The van der Waals surface area contributed by atoms with Crippen molar-refractivity contribution in [1.29, 1.82) is 0 Å². The molecule has 0 aromatic heterocycles. The van der Waals surface area contributed by atoms with E-state index in [9.17, 15) is 14.0 Å². The van der Waals surface area contributed by atoms with E-state index in [1.807, 2.05) is 32.9 Å². The van der Waals surface area contributed by atoms with Crippen LogP contribution in [0.4, 0.5) is 14.9 Å². The Labute approximate surface area is 198 Å². The van der Waals surface area contributed by atoms with Crippen molar-refractivity contribution < 1.29 is 23.5 Å². The number of ether oxygens (including phenoxy) is 2. The van der Waals surface area contributed by atoms with Gasteiger partial charge in [0, 0.05) is 23.7 Å². The minimum absolute atomic E-state index is 0.115. The number of likely N-dealkylation sites (tertiary alicyclic amines) is 1. The fourth-order valence-corrected chi connectivity index (χ4v) is 4.49. The molecule has 0 radical (unpaired) electrons. The molecule has 4 rings (SSSR count). The number of hydrogen-bond acceptors (Lipinski definition) is 4. The number of carbonyl (C=O) groups excluding carboxylic acids is 2. The van der Waals surface area contributed by atoms with Crippen molar-refractivity contribution in [3.8, 4) is 5.75 Å². The summed E-state index contributed by atoms with van der Waals surface area (Å²) in [6.07, 6.45) is 1.13. The first kappa shape index (κ1) is 23.4. The highest BCUT2D eigenvalue weighted by Gasteiger charge is 2.45. The number of nitrogens with zero attached hydrogens (tertiary/aromatic N) is 1. The Morgan fingerprint density at radius 2 is 1.94 bits per heavy atom. The molecule has 2 amide bonds. The van der Waals surface area contributed by atoms with Crippen molar-refractivity contribution in [3.05, 3.63) is 58.4 Å². The number of hydrogen-bond donors (Lipinski definition) is 1. The van der Waals surface area contributed by atoms with Crippen molar-refractivity contribution in [2.75, 3.05) is 18.4 Å². The van der Waals surface area contributed by atoms with Crippen LogP contribution in [-0.4, -0.2) is 35.6 Å². The highest BCUT2D eigenvalue weighted by Crippen LogP contribution is 2.45. The number of fused-ring (bicyclic) bond motifs is 1. The van der Waals surface area contributed by atoms with Gasteiger partial charge in [0.15, 0.2) is 0 Å². The number of halogens is 2. The SMILES string of the molecule is CC(C)(C)OC(=O)N1CCC(c2cccc3c2OC(C)(c2ccc(Cl)cc2F)C(=O)N3)CC1. The molecular formula is C25H28ClFN2O4. The van der Waals surface area contributed by atoms with E-state index in [0.29, 0.717) is 24.5 Å². The molecule has 1 atom stereocenters. The molecule has 6 nitrogen and oxygen atoms in total. The van der Waals surface area contributed by atoms with Gasteiger partial charge in [0.05, 0.1) is 5.69 Å². The molecule has 1 N–H and O–H groups in total. The van der Waals surface area contributed by atoms with Gasteiger partial charge >= 0.3 is 6.09 Å². The van der Waals surface area contributed by atoms with Crippen molar-refractivity contribution in [3.63, 3.8) is 0 Å². The van der Waals surface area contributed by atoms with Gasteiger partial charge in [-0.25, -0.2) is 9.18 Å². The normalized spacial score (nSPS) is 21.2. The third-order valence-electron chi connectivity index (χ3n) is 6.06. The van der Waals surface area contributed by atoms with E-state index in [1.165, 1.54) is 18.2 Å². The van der Waals surface area contributed by atoms with E-state index in [-0.39, 0.29) is 22.6 Å². The average Bonchev–Trinajstić information content (AvgIpc) is 2.73. The van der Waals surface area contributed by atoms with Gasteiger partial charge in [-0.1, -0.05) is 29.8 Å². The van der Waals surface area contributed by atoms with Crippen LogP contribution < -0.4 is 10.1 Å². The molecule has 1 fully saturated rings. The largest absolute Gasteiger partial charge is 0.470 e. The van der Waals surface area contributed by atoms with Crippen LogP contribution in [-0.2, 0) is 15.1 Å². The molecule has 0 aliphatic carbocycles. The molecule has 176 valence electrons.